The number of fused-ring (bicyclic) bond motifs is 3. The molecule has 0 fully saturated rings. The third-order valence-electron chi connectivity index (χ3n) is 6.96. The number of anilines is 1. The number of hydrogen-bond acceptors (Lipinski definition) is 5. The minimum Gasteiger partial charge on any atom is -0.465 e. The lowest BCUT2D eigenvalue weighted by molar-refractivity contribution is 0.0607. The second-order valence-corrected chi connectivity index (χ2v) is 10.1. The summed E-state index contributed by atoms with van der Waals surface area (Å²) in [6.45, 7) is 2.41. The van der Waals surface area contributed by atoms with Gasteiger partial charge in [0.15, 0.2) is 0 Å². The van der Waals surface area contributed by atoms with Gasteiger partial charge in [0.2, 0.25) is 0 Å². The fourth-order valence-electron chi connectivity index (χ4n) is 5.18. The molecule has 1 atom stereocenters. The number of thiophene rings is 1. The molecule has 0 spiro atoms. The lowest BCUT2D eigenvalue weighted by Gasteiger charge is -2.31. The molecular formula is C30H27N5O3S. The number of carbonyl (C=O) groups excluding carboxylic acids is 2. The van der Waals surface area contributed by atoms with Crippen LogP contribution < -0.4 is 5.32 Å². The van der Waals surface area contributed by atoms with Crippen LogP contribution in [0.1, 0.15) is 45.2 Å². The molecule has 0 bridgehead atoms. The Kier molecular flexibility index (Phi) is 6.50. The molecule has 0 aliphatic carbocycles. The van der Waals surface area contributed by atoms with E-state index in [9.17, 15) is 9.59 Å². The number of aromatic nitrogens is 3. The summed E-state index contributed by atoms with van der Waals surface area (Å²) in [6.07, 6.45) is 2.74. The molecule has 0 radical (unpaired) electrons. The summed E-state index contributed by atoms with van der Waals surface area (Å²) in [5.41, 5.74) is 5.20. The number of aryl methyl sites for hydroxylation is 1. The lowest BCUT2D eigenvalue weighted by Crippen LogP contribution is -2.38. The molecule has 2 amide bonds. The number of urea groups is 1. The van der Waals surface area contributed by atoms with E-state index in [1.807, 2.05) is 88.6 Å². The highest BCUT2D eigenvalue weighted by atomic mass is 32.1. The van der Waals surface area contributed by atoms with Crippen molar-refractivity contribution in [1.82, 2.24) is 19.2 Å². The maximum atomic E-state index is 14.1. The van der Waals surface area contributed by atoms with Gasteiger partial charge in [0.1, 0.15) is 10.7 Å². The van der Waals surface area contributed by atoms with Crippen LogP contribution in [0.2, 0.25) is 0 Å². The standard InChI is InChI=1S/C30H27N5O3S/c1-3-23-22-19-34(30(37)31-24-16-18-39-27(24)29(36)38-2)26(20-11-6-4-7-12-20)25-15-10-17-33(25)28(22)35(32-23)21-13-8-5-9-14-21/h4-18,26H,3,19H2,1-2H3,(H,31,37). The highest BCUT2D eigenvalue weighted by molar-refractivity contribution is 7.12. The summed E-state index contributed by atoms with van der Waals surface area (Å²) in [6, 6.07) is 25.1. The van der Waals surface area contributed by atoms with Crippen LogP contribution in [-0.4, -0.2) is 38.4 Å². The van der Waals surface area contributed by atoms with Gasteiger partial charge in [0.05, 0.1) is 42.5 Å². The van der Waals surface area contributed by atoms with Crippen LogP contribution in [0.4, 0.5) is 10.5 Å². The van der Waals surface area contributed by atoms with Gasteiger partial charge in [-0.1, -0.05) is 55.5 Å². The zero-order valence-electron chi connectivity index (χ0n) is 21.6. The SMILES string of the molecule is CCc1nn(-c2ccccc2)c2c1CN(C(=O)Nc1ccsc1C(=O)OC)C(c1ccccc1)c1cccn1-2. The van der Waals surface area contributed by atoms with Crippen LogP contribution in [0.25, 0.3) is 11.5 Å². The van der Waals surface area contributed by atoms with E-state index in [0.29, 0.717) is 23.5 Å². The van der Waals surface area contributed by atoms with Crippen molar-refractivity contribution in [2.45, 2.75) is 25.9 Å². The van der Waals surface area contributed by atoms with E-state index in [-0.39, 0.29) is 12.1 Å². The van der Waals surface area contributed by atoms with Gasteiger partial charge in [-0.2, -0.15) is 5.10 Å². The highest BCUT2D eigenvalue weighted by Gasteiger charge is 2.36. The number of benzene rings is 2. The Morgan fingerprint density at radius 2 is 1.77 bits per heavy atom. The molecule has 5 aromatic rings. The molecule has 196 valence electrons. The second kappa shape index (κ2) is 10.3. The zero-order valence-corrected chi connectivity index (χ0v) is 22.4. The molecule has 9 heteroatoms. The van der Waals surface area contributed by atoms with Gasteiger partial charge in [0, 0.05) is 11.8 Å². The molecule has 6 rings (SSSR count). The first-order valence-electron chi connectivity index (χ1n) is 12.7. The van der Waals surface area contributed by atoms with Gasteiger partial charge in [-0.15, -0.1) is 11.3 Å². The van der Waals surface area contributed by atoms with Crippen molar-refractivity contribution in [3.63, 3.8) is 0 Å². The van der Waals surface area contributed by atoms with E-state index in [2.05, 4.69) is 16.8 Å². The van der Waals surface area contributed by atoms with E-state index >= 15 is 0 Å². The summed E-state index contributed by atoms with van der Waals surface area (Å²) in [7, 11) is 1.33. The number of amides is 2. The van der Waals surface area contributed by atoms with Crippen molar-refractivity contribution >= 4 is 29.0 Å². The number of methoxy groups -OCH3 is 1. The molecule has 4 heterocycles. The number of nitrogens with one attached hydrogen (secondary N) is 1. The fourth-order valence-corrected chi connectivity index (χ4v) is 5.95. The average molecular weight is 538 g/mol. The minimum atomic E-state index is -0.482. The quantitative estimate of drug-likeness (QED) is 0.270. The second-order valence-electron chi connectivity index (χ2n) is 9.18. The topological polar surface area (TPSA) is 81.4 Å². The summed E-state index contributed by atoms with van der Waals surface area (Å²) in [5, 5.41) is 9.75. The van der Waals surface area contributed by atoms with Crippen molar-refractivity contribution in [2.75, 3.05) is 12.4 Å². The number of para-hydroxylation sites is 1. The third kappa shape index (κ3) is 4.30. The van der Waals surface area contributed by atoms with Crippen molar-refractivity contribution in [3.05, 3.63) is 118 Å². The van der Waals surface area contributed by atoms with Crippen LogP contribution in [0.3, 0.4) is 0 Å². The van der Waals surface area contributed by atoms with Gasteiger partial charge >= 0.3 is 12.0 Å². The van der Waals surface area contributed by atoms with Gasteiger partial charge in [-0.25, -0.2) is 14.3 Å². The summed E-state index contributed by atoms with van der Waals surface area (Å²) in [5.74, 6) is 0.435. The maximum Gasteiger partial charge on any atom is 0.350 e. The van der Waals surface area contributed by atoms with Crippen LogP contribution in [0, 0.1) is 0 Å². The lowest BCUT2D eigenvalue weighted by atomic mass is 10.0. The average Bonchev–Trinajstić information content (AvgIpc) is 3.70. The Hall–Kier alpha value is -4.63. The summed E-state index contributed by atoms with van der Waals surface area (Å²) >= 11 is 1.23. The number of rotatable bonds is 5. The first kappa shape index (κ1) is 24.7. The number of nitrogens with zero attached hydrogens (tertiary/aromatic N) is 4. The Bertz CT molecular complexity index is 1640. The van der Waals surface area contributed by atoms with Crippen molar-refractivity contribution in [1.29, 1.82) is 0 Å². The van der Waals surface area contributed by atoms with Crippen LogP contribution >= 0.6 is 11.3 Å². The van der Waals surface area contributed by atoms with Gasteiger partial charge < -0.3 is 19.5 Å². The minimum absolute atomic E-state index is 0.317. The van der Waals surface area contributed by atoms with E-state index in [0.717, 1.165) is 34.0 Å². The van der Waals surface area contributed by atoms with E-state index in [1.165, 1.54) is 18.4 Å². The van der Waals surface area contributed by atoms with Gasteiger partial charge in [0.25, 0.3) is 0 Å². The molecule has 39 heavy (non-hydrogen) atoms. The van der Waals surface area contributed by atoms with E-state index in [1.54, 1.807) is 11.4 Å². The first-order chi connectivity index (χ1) is 19.1. The number of ether oxygens (including phenoxy) is 1. The Labute approximate surface area is 230 Å². The Morgan fingerprint density at radius 3 is 2.49 bits per heavy atom. The molecule has 1 N–H and O–H groups in total. The fraction of sp³-hybridized carbons (Fsp3) is 0.167. The third-order valence-corrected chi connectivity index (χ3v) is 7.85. The first-order valence-corrected chi connectivity index (χ1v) is 13.6. The van der Waals surface area contributed by atoms with E-state index < -0.39 is 5.97 Å². The number of carbonyl (C=O) groups is 2. The zero-order chi connectivity index (χ0) is 26.9. The highest BCUT2D eigenvalue weighted by Crippen LogP contribution is 2.39. The summed E-state index contributed by atoms with van der Waals surface area (Å²) in [4.78, 5) is 28.6. The van der Waals surface area contributed by atoms with Crippen molar-refractivity contribution in [3.8, 4) is 11.5 Å². The maximum absolute atomic E-state index is 14.1. The number of hydrogen-bond donors (Lipinski definition) is 1. The van der Waals surface area contributed by atoms with Gasteiger partial charge in [-0.3, -0.25) is 0 Å². The van der Waals surface area contributed by atoms with E-state index in [4.69, 9.17) is 9.84 Å². The molecule has 1 aliphatic heterocycles. The smallest absolute Gasteiger partial charge is 0.350 e. The molecule has 3 aromatic heterocycles. The molecule has 2 aromatic carbocycles. The molecule has 8 nitrogen and oxygen atoms in total. The van der Waals surface area contributed by atoms with Crippen LogP contribution in [0.5, 0.6) is 0 Å². The normalized spacial score (nSPS) is 14.3. The summed E-state index contributed by atoms with van der Waals surface area (Å²) < 4.78 is 9.03. The van der Waals surface area contributed by atoms with Crippen LogP contribution in [-0.2, 0) is 17.7 Å². The molecule has 1 aliphatic rings. The monoisotopic (exact) mass is 537 g/mol. The predicted octanol–water partition coefficient (Wildman–Crippen LogP) is 6.21. The molecular weight excluding hydrogens is 510 g/mol. The van der Waals surface area contributed by atoms with Gasteiger partial charge in [-0.05, 0) is 47.7 Å². The van der Waals surface area contributed by atoms with Crippen LogP contribution in [0.15, 0.2) is 90.4 Å². The molecule has 1 unspecified atom stereocenters. The molecule has 0 saturated carbocycles. The predicted molar refractivity (Wildman–Crippen MR) is 151 cm³/mol. The molecule has 0 saturated heterocycles. The largest absolute Gasteiger partial charge is 0.465 e. The van der Waals surface area contributed by atoms with Crippen molar-refractivity contribution < 1.29 is 14.3 Å². The Balaban J connectivity index is 1.53. The Morgan fingerprint density at radius 1 is 1.03 bits per heavy atom. The van der Waals surface area contributed by atoms with Crippen molar-refractivity contribution in [2.24, 2.45) is 0 Å². The number of esters is 1.